The molecular weight excluding hydrogens is 390 g/mol. The van der Waals surface area contributed by atoms with Gasteiger partial charge in [-0.3, -0.25) is 0 Å². The van der Waals surface area contributed by atoms with E-state index in [1.54, 1.807) is 16.7 Å². The first-order valence-electron chi connectivity index (χ1n) is 9.96. The molecular formula is C25H25N3OS. The minimum Gasteiger partial charge on any atom is -0.318 e. The third-order valence-corrected chi connectivity index (χ3v) is 6.87. The first kappa shape index (κ1) is 20.2. The molecule has 30 heavy (non-hydrogen) atoms. The predicted octanol–water partition coefficient (Wildman–Crippen LogP) is 6.54. The van der Waals surface area contributed by atoms with Crippen LogP contribution in [0.3, 0.4) is 0 Å². The highest BCUT2D eigenvalue weighted by atomic mass is 32.2. The molecule has 5 heteroatoms. The van der Waals surface area contributed by atoms with E-state index < -0.39 is 4.87 Å². The van der Waals surface area contributed by atoms with Crippen LogP contribution in [-0.2, 0) is 4.87 Å². The molecule has 0 spiro atoms. The lowest BCUT2D eigenvalue weighted by atomic mass is 9.81. The lowest BCUT2D eigenvalue weighted by Gasteiger charge is -2.49. The van der Waals surface area contributed by atoms with Gasteiger partial charge in [-0.05, 0) is 35.2 Å². The molecule has 1 aliphatic heterocycles. The van der Waals surface area contributed by atoms with E-state index in [2.05, 4.69) is 38.2 Å². The minimum absolute atomic E-state index is 0.187. The van der Waals surface area contributed by atoms with Crippen molar-refractivity contribution >= 4 is 34.3 Å². The summed E-state index contributed by atoms with van der Waals surface area (Å²) in [7, 11) is 0. The molecule has 152 valence electrons. The number of carbonyl (C=O) groups excluding carboxylic acids is 1. The van der Waals surface area contributed by atoms with E-state index in [0.717, 1.165) is 16.9 Å². The number of thioether (sulfide) groups is 1. The molecule has 2 amide bonds. The topological polar surface area (TPSA) is 44.7 Å². The number of anilines is 1. The van der Waals surface area contributed by atoms with Crippen molar-refractivity contribution in [2.45, 2.75) is 25.6 Å². The number of nitrogens with one attached hydrogen (secondary N) is 1. The molecule has 1 heterocycles. The number of hydrogen-bond acceptors (Lipinski definition) is 3. The van der Waals surface area contributed by atoms with Gasteiger partial charge in [0.05, 0.1) is 11.4 Å². The molecule has 0 unspecified atom stereocenters. The van der Waals surface area contributed by atoms with Crippen LogP contribution in [0, 0.1) is 5.41 Å². The van der Waals surface area contributed by atoms with Gasteiger partial charge in [0.15, 0.2) is 5.17 Å². The Morgan fingerprint density at radius 3 is 1.93 bits per heavy atom. The number of urea groups is 1. The quantitative estimate of drug-likeness (QED) is 0.528. The van der Waals surface area contributed by atoms with Crippen LogP contribution in [0.1, 0.15) is 26.3 Å². The van der Waals surface area contributed by atoms with Crippen LogP contribution in [0.25, 0.3) is 0 Å². The van der Waals surface area contributed by atoms with Gasteiger partial charge in [0.1, 0.15) is 4.87 Å². The smallest absolute Gasteiger partial charge is 0.318 e. The zero-order chi connectivity index (χ0) is 21.2. The second-order valence-corrected chi connectivity index (χ2v) is 9.41. The number of para-hydroxylation sites is 2. The molecule has 1 N–H and O–H groups in total. The van der Waals surface area contributed by atoms with Gasteiger partial charge in [-0.25, -0.2) is 14.7 Å². The Kier molecular flexibility index (Phi) is 5.39. The van der Waals surface area contributed by atoms with E-state index in [4.69, 9.17) is 4.99 Å². The van der Waals surface area contributed by atoms with Crippen LogP contribution in [0.15, 0.2) is 96.0 Å². The number of nitrogens with zero attached hydrogens (tertiary/aromatic N) is 2. The standard InChI is InChI=1S/C25H25N3OS/c1-24(2,3)25(19-13-7-4-8-14-19)27-22(29)28(21-17-11-6-12-18-21)23(30-25)26-20-15-9-5-10-16-20/h4-18H,1-3H3,(H,27,29)/t25-/m1/s1. The van der Waals surface area contributed by atoms with E-state index in [0.29, 0.717) is 5.17 Å². The van der Waals surface area contributed by atoms with Crippen molar-refractivity contribution in [1.82, 2.24) is 5.32 Å². The average Bonchev–Trinajstić information content (AvgIpc) is 2.74. The summed E-state index contributed by atoms with van der Waals surface area (Å²) < 4.78 is 0. The molecule has 0 saturated carbocycles. The third-order valence-electron chi connectivity index (χ3n) is 5.15. The molecule has 0 bridgehead atoms. The van der Waals surface area contributed by atoms with Gasteiger partial charge >= 0.3 is 6.03 Å². The average molecular weight is 416 g/mol. The summed E-state index contributed by atoms with van der Waals surface area (Å²) in [6, 6.07) is 29.4. The van der Waals surface area contributed by atoms with Crippen LogP contribution in [-0.4, -0.2) is 11.2 Å². The maximum Gasteiger partial charge on any atom is 0.329 e. The zero-order valence-corrected chi connectivity index (χ0v) is 18.2. The highest BCUT2D eigenvalue weighted by Gasteiger charge is 2.52. The Balaban J connectivity index is 1.89. The summed E-state index contributed by atoms with van der Waals surface area (Å²) in [4.78, 5) is 19.5. The highest BCUT2D eigenvalue weighted by molar-refractivity contribution is 8.15. The summed E-state index contributed by atoms with van der Waals surface area (Å²) >= 11 is 1.58. The van der Waals surface area contributed by atoms with Crippen molar-refractivity contribution in [3.63, 3.8) is 0 Å². The number of aliphatic imine (C=N–C) groups is 1. The fourth-order valence-corrected chi connectivity index (χ4v) is 4.97. The maximum absolute atomic E-state index is 13.6. The van der Waals surface area contributed by atoms with Crippen LogP contribution in [0.2, 0.25) is 0 Å². The number of amidine groups is 1. The van der Waals surface area contributed by atoms with E-state index >= 15 is 0 Å². The second-order valence-electron chi connectivity index (χ2n) is 8.23. The number of rotatable bonds is 3. The monoisotopic (exact) mass is 415 g/mol. The molecule has 1 fully saturated rings. The van der Waals surface area contributed by atoms with Crippen molar-refractivity contribution < 1.29 is 4.79 Å². The molecule has 4 rings (SSSR count). The number of hydrogen-bond donors (Lipinski definition) is 1. The fourth-order valence-electron chi connectivity index (χ4n) is 3.57. The van der Waals surface area contributed by atoms with Crippen LogP contribution in [0.5, 0.6) is 0 Å². The van der Waals surface area contributed by atoms with Gasteiger partial charge in [0.25, 0.3) is 0 Å². The minimum atomic E-state index is -0.662. The fraction of sp³-hybridized carbons (Fsp3) is 0.200. The summed E-state index contributed by atoms with van der Waals surface area (Å²) in [5, 5.41) is 3.97. The highest BCUT2D eigenvalue weighted by Crippen LogP contribution is 2.51. The Bertz CT molecular complexity index is 1050. The van der Waals surface area contributed by atoms with Gasteiger partial charge in [0, 0.05) is 0 Å². The molecule has 1 aliphatic rings. The molecule has 0 radical (unpaired) electrons. The Morgan fingerprint density at radius 1 is 0.833 bits per heavy atom. The Morgan fingerprint density at radius 2 is 1.37 bits per heavy atom. The molecule has 3 aromatic rings. The number of carbonyl (C=O) groups is 1. The summed E-state index contributed by atoms with van der Waals surface area (Å²) in [5.41, 5.74) is 2.37. The van der Waals surface area contributed by atoms with Crippen LogP contribution in [0.4, 0.5) is 16.2 Å². The van der Waals surface area contributed by atoms with Crippen LogP contribution >= 0.6 is 11.8 Å². The van der Waals surface area contributed by atoms with Gasteiger partial charge in [0.2, 0.25) is 0 Å². The van der Waals surface area contributed by atoms with Gasteiger partial charge < -0.3 is 5.32 Å². The summed E-state index contributed by atoms with van der Waals surface area (Å²) in [6.45, 7) is 6.43. The third kappa shape index (κ3) is 3.73. The predicted molar refractivity (Wildman–Crippen MR) is 126 cm³/mol. The Hall–Kier alpha value is -3.05. The Labute approximate surface area is 182 Å². The molecule has 0 aliphatic carbocycles. The SMILES string of the molecule is CC(C)(C)[C@]1(c2ccccc2)NC(=O)N(c2ccccc2)C(=Nc2ccccc2)S1. The van der Waals surface area contributed by atoms with Crippen molar-refractivity contribution in [2.75, 3.05) is 4.90 Å². The molecule has 1 saturated heterocycles. The van der Waals surface area contributed by atoms with Crippen molar-refractivity contribution in [1.29, 1.82) is 0 Å². The molecule has 3 aromatic carbocycles. The maximum atomic E-state index is 13.6. The van der Waals surface area contributed by atoms with Crippen molar-refractivity contribution in [3.05, 3.63) is 96.6 Å². The zero-order valence-electron chi connectivity index (χ0n) is 17.4. The number of amides is 2. The van der Waals surface area contributed by atoms with E-state index in [1.165, 1.54) is 0 Å². The second kappa shape index (κ2) is 8.00. The molecule has 4 nitrogen and oxygen atoms in total. The van der Waals surface area contributed by atoms with Gasteiger partial charge in [-0.2, -0.15) is 0 Å². The van der Waals surface area contributed by atoms with E-state index in [-0.39, 0.29) is 11.4 Å². The van der Waals surface area contributed by atoms with Gasteiger partial charge in [-0.15, -0.1) is 0 Å². The molecule has 1 atom stereocenters. The number of benzene rings is 3. The van der Waals surface area contributed by atoms with Crippen molar-refractivity contribution in [3.8, 4) is 0 Å². The summed E-state index contributed by atoms with van der Waals surface area (Å²) in [6.07, 6.45) is 0. The largest absolute Gasteiger partial charge is 0.329 e. The van der Waals surface area contributed by atoms with Crippen LogP contribution < -0.4 is 10.2 Å². The van der Waals surface area contributed by atoms with E-state index in [9.17, 15) is 4.79 Å². The summed E-state index contributed by atoms with van der Waals surface area (Å²) in [5.74, 6) is 0. The lowest BCUT2D eigenvalue weighted by molar-refractivity contribution is 0.211. The molecule has 0 aromatic heterocycles. The first-order valence-corrected chi connectivity index (χ1v) is 10.8. The van der Waals surface area contributed by atoms with Crippen molar-refractivity contribution in [2.24, 2.45) is 10.4 Å². The lowest BCUT2D eigenvalue weighted by Crippen LogP contribution is -2.62. The normalized spacial score (nSPS) is 20.8. The van der Waals surface area contributed by atoms with Gasteiger partial charge in [-0.1, -0.05) is 99.3 Å². The first-order chi connectivity index (χ1) is 14.4. The van der Waals surface area contributed by atoms with E-state index in [1.807, 2.05) is 78.9 Å².